The summed E-state index contributed by atoms with van der Waals surface area (Å²) in [4.78, 5) is 4.10. The molecule has 1 N–H and O–H groups in total. The molecule has 1 saturated heterocycles. The molecule has 1 fully saturated rings. The molecule has 6 heteroatoms. The van der Waals surface area contributed by atoms with E-state index >= 15 is 0 Å². The Hall–Kier alpha value is -1.14. The van der Waals surface area contributed by atoms with E-state index in [1.807, 2.05) is 19.2 Å². The summed E-state index contributed by atoms with van der Waals surface area (Å²) in [6.45, 7) is 3.22. The third-order valence-electron chi connectivity index (χ3n) is 3.32. The van der Waals surface area contributed by atoms with Crippen molar-refractivity contribution in [2.24, 2.45) is 0 Å². The molecule has 1 aromatic rings. The molecule has 1 aliphatic heterocycles. The molecule has 18 heavy (non-hydrogen) atoms. The van der Waals surface area contributed by atoms with E-state index in [-0.39, 0.29) is 0 Å². The Morgan fingerprint density at radius 3 is 2.61 bits per heavy atom. The topological polar surface area (TPSA) is 62.3 Å². The number of hydrogen-bond acceptors (Lipinski definition) is 4. The minimum atomic E-state index is -3.04. The van der Waals surface area contributed by atoms with Gasteiger partial charge in [0.15, 0.2) is 0 Å². The predicted octanol–water partition coefficient (Wildman–Crippen LogP) is 1.23. The van der Waals surface area contributed by atoms with Gasteiger partial charge in [0, 0.05) is 25.3 Å². The molecular weight excluding hydrogens is 250 g/mol. The van der Waals surface area contributed by atoms with Gasteiger partial charge >= 0.3 is 0 Å². The molecule has 100 valence electrons. The van der Waals surface area contributed by atoms with E-state index < -0.39 is 10.0 Å². The number of hydrogen-bond donors (Lipinski definition) is 1. The lowest BCUT2D eigenvalue weighted by Crippen LogP contribution is -2.41. The highest BCUT2D eigenvalue weighted by molar-refractivity contribution is 7.88. The van der Waals surface area contributed by atoms with Crippen molar-refractivity contribution in [1.82, 2.24) is 9.29 Å². The number of rotatable bonds is 3. The molecule has 0 spiro atoms. The molecule has 1 aromatic heterocycles. The van der Waals surface area contributed by atoms with Gasteiger partial charge in [0.1, 0.15) is 0 Å². The Morgan fingerprint density at radius 2 is 2.06 bits per heavy atom. The fourth-order valence-electron chi connectivity index (χ4n) is 2.17. The number of piperidine rings is 1. The van der Waals surface area contributed by atoms with Crippen LogP contribution in [0, 0.1) is 6.92 Å². The van der Waals surface area contributed by atoms with Gasteiger partial charge in [-0.2, -0.15) is 0 Å². The maximum Gasteiger partial charge on any atom is 0.211 e. The third kappa shape index (κ3) is 3.20. The van der Waals surface area contributed by atoms with E-state index in [0.717, 1.165) is 24.1 Å². The van der Waals surface area contributed by atoms with E-state index in [2.05, 4.69) is 10.3 Å². The second-order valence-corrected chi connectivity index (χ2v) is 6.75. The fourth-order valence-corrected chi connectivity index (χ4v) is 3.04. The van der Waals surface area contributed by atoms with Crippen molar-refractivity contribution in [3.63, 3.8) is 0 Å². The van der Waals surface area contributed by atoms with Crippen molar-refractivity contribution >= 4 is 15.7 Å². The van der Waals surface area contributed by atoms with E-state index in [4.69, 9.17) is 0 Å². The van der Waals surface area contributed by atoms with Crippen molar-refractivity contribution in [2.45, 2.75) is 25.8 Å². The Morgan fingerprint density at radius 1 is 1.39 bits per heavy atom. The zero-order chi connectivity index (χ0) is 13.2. The Kier molecular flexibility index (Phi) is 3.87. The quantitative estimate of drug-likeness (QED) is 0.896. The van der Waals surface area contributed by atoms with Gasteiger partial charge in [0.05, 0.1) is 18.1 Å². The minimum Gasteiger partial charge on any atom is -0.381 e. The SMILES string of the molecule is Cc1ccncc1NC1CCN(S(C)(=O)=O)CC1. The first-order valence-corrected chi connectivity index (χ1v) is 7.94. The fraction of sp³-hybridized carbons (Fsp3) is 0.583. The molecule has 5 nitrogen and oxygen atoms in total. The van der Waals surface area contributed by atoms with Crippen LogP contribution in [0.25, 0.3) is 0 Å². The maximum absolute atomic E-state index is 11.4. The first-order chi connectivity index (χ1) is 8.47. The van der Waals surface area contributed by atoms with Crippen LogP contribution < -0.4 is 5.32 Å². The van der Waals surface area contributed by atoms with Crippen LogP contribution >= 0.6 is 0 Å². The smallest absolute Gasteiger partial charge is 0.211 e. The summed E-state index contributed by atoms with van der Waals surface area (Å²) in [6.07, 6.45) is 6.53. The second kappa shape index (κ2) is 5.24. The predicted molar refractivity (Wildman–Crippen MR) is 72.0 cm³/mol. The Balaban J connectivity index is 1.94. The van der Waals surface area contributed by atoms with Crippen LogP contribution in [0.2, 0.25) is 0 Å². The van der Waals surface area contributed by atoms with Gasteiger partial charge in [-0.1, -0.05) is 0 Å². The average molecular weight is 269 g/mol. The summed E-state index contributed by atoms with van der Waals surface area (Å²) in [5.41, 5.74) is 2.20. The summed E-state index contributed by atoms with van der Waals surface area (Å²) in [7, 11) is -3.04. The normalized spacial score (nSPS) is 18.8. The van der Waals surface area contributed by atoms with E-state index in [1.54, 1.807) is 10.5 Å². The molecule has 1 aliphatic rings. The van der Waals surface area contributed by atoms with Gasteiger partial charge < -0.3 is 5.32 Å². The van der Waals surface area contributed by atoms with Crippen molar-refractivity contribution in [1.29, 1.82) is 0 Å². The summed E-state index contributed by atoms with van der Waals surface area (Å²) in [6, 6.07) is 2.29. The minimum absolute atomic E-state index is 0.325. The van der Waals surface area contributed by atoms with Crippen molar-refractivity contribution in [3.05, 3.63) is 24.0 Å². The lowest BCUT2D eigenvalue weighted by molar-refractivity contribution is 0.332. The van der Waals surface area contributed by atoms with Crippen LogP contribution in [0.3, 0.4) is 0 Å². The molecule has 0 aromatic carbocycles. The largest absolute Gasteiger partial charge is 0.381 e. The number of aryl methyl sites for hydroxylation is 1. The van der Waals surface area contributed by atoms with Gasteiger partial charge in [-0.25, -0.2) is 12.7 Å². The van der Waals surface area contributed by atoms with Crippen LogP contribution in [0.5, 0.6) is 0 Å². The number of aromatic nitrogens is 1. The van der Waals surface area contributed by atoms with E-state index in [9.17, 15) is 8.42 Å². The van der Waals surface area contributed by atoms with Crippen LogP contribution in [0.4, 0.5) is 5.69 Å². The molecule has 0 saturated carbocycles. The molecule has 2 heterocycles. The van der Waals surface area contributed by atoms with Crippen LogP contribution in [0.1, 0.15) is 18.4 Å². The van der Waals surface area contributed by atoms with Crippen LogP contribution in [-0.2, 0) is 10.0 Å². The zero-order valence-electron chi connectivity index (χ0n) is 10.8. The Bertz CT molecular complexity index is 508. The standard InChI is InChI=1S/C12H19N3O2S/c1-10-3-6-13-9-12(10)14-11-4-7-15(8-5-11)18(2,16)17/h3,6,9,11,14H,4-5,7-8H2,1-2H3. The second-order valence-electron chi connectivity index (χ2n) is 4.77. The number of nitrogens with zero attached hydrogens (tertiary/aromatic N) is 2. The summed E-state index contributed by atoms with van der Waals surface area (Å²) >= 11 is 0. The highest BCUT2D eigenvalue weighted by Gasteiger charge is 2.24. The lowest BCUT2D eigenvalue weighted by Gasteiger charge is -2.31. The van der Waals surface area contributed by atoms with Gasteiger partial charge in [-0.15, -0.1) is 0 Å². The molecule has 0 atom stereocenters. The third-order valence-corrected chi connectivity index (χ3v) is 4.62. The first kappa shape index (κ1) is 13.3. The maximum atomic E-state index is 11.4. The van der Waals surface area contributed by atoms with E-state index in [1.165, 1.54) is 6.26 Å². The molecule has 0 bridgehead atoms. The van der Waals surface area contributed by atoms with Gasteiger partial charge in [0.2, 0.25) is 10.0 Å². The average Bonchev–Trinajstić information content (AvgIpc) is 2.32. The van der Waals surface area contributed by atoms with E-state index in [0.29, 0.717) is 19.1 Å². The van der Waals surface area contributed by atoms with Gasteiger partial charge in [0.25, 0.3) is 0 Å². The van der Waals surface area contributed by atoms with Gasteiger partial charge in [-0.05, 0) is 31.4 Å². The number of nitrogens with one attached hydrogen (secondary N) is 1. The molecule has 0 radical (unpaired) electrons. The Labute approximate surface area is 108 Å². The van der Waals surface area contributed by atoms with Crippen molar-refractivity contribution in [3.8, 4) is 0 Å². The molecule has 0 amide bonds. The van der Waals surface area contributed by atoms with Crippen molar-refractivity contribution < 1.29 is 8.42 Å². The molecule has 0 aliphatic carbocycles. The van der Waals surface area contributed by atoms with Gasteiger partial charge in [-0.3, -0.25) is 4.98 Å². The summed E-state index contributed by atoms with van der Waals surface area (Å²) in [5, 5.41) is 3.44. The van der Waals surface area contributed by atoms with Crippen LogP contribution in [-0.4, -0.2) is 43.1 Å². The number of pyridine rings is 1. The first-order valence-electron chi connectivity index (χ1n) is 6.09. The van der Waals surface area contributed by atoms with Crippen molar-refractivity contribution in [2.75, 3.05) is 24.7 Å². The number of sulfonamides is 1. The summed E-state index contributed by atoms with van der Waals surface area (Å²) in [5.74, 6) is 0. The molecule has 0 unspecified atom stereocenters. The highest BCUT2D eigenvalue weighted by Crippen LogP contribution is 2.19. The van der Waals surface area contributed by atoms with Crippen LogP contribution in [0.15, 0.2) is 18.5 Å². The monoisotopic (exact) mass is 269 g/mol. The lowest BCUT2D eigenvalue weighted by atomic mass is 10.1. The zero-order valence-corrected chi connectivity index (χ0v) is 11.6. The number of anilines is 1. The highest BCUT2D eigenvalue weighted by atomic mass is 32.2. The molecular formula is C12H19N3O2S. The summed E-state index contributed by atoms with van der Waals surface area (Å²) < 4.78 is 24.3. The molecule has 2 rings (SSSR count).